The normalized spacial score (nSPS) is 17.9. The van der Waals surface area contributed by atoms with Gasteiger partial charge in [0, 0.05) is 5.41 Å². The highest BCUT2D eigenvalue weighted by atomic mass is 19.4. The molecule has 1 aliphatic rings. The Morgan fingerprint density at radius 3 is 2.12 bits per heavy atom. The Morgan fingerprint density at radius 1 is 1.24 bits per heavy atom. The second kappa shape index (κ2) is 3.86. The fourth-order valence-corrected chi connectivity index (χ4v) is 2.01. The third-order valence-electron chi connectivity index (χ3n) is 3.42. The Labute approximate surface area is 97.6 Å². The summed E-state index contributed by atoms with van der Waals surface area (Å²) in [6.07, 6.45) is -2.04. The van der Waals surface area contributed by atoms with E-state index in [2.05, 4.69) is 0 Å². The molecule has 0 spiro atoms. The molecule has 0 bridgehead atoms. The van der Waals surface area contributed by atoms with Gasteiger partial charge in [-0.3, -0.25) is 4.79 Å². The quantitative estimate of drug-likeness (QED) is 0.791. The number of rotatable bonds is 3. The summed E-state index contributed by atoms with van der Waals surface area (Å²) >= 11 is 0. The number of carbonyl (C=O) groups is 1. The van der Waals surface area contributed by atoms with E-state index < -0.39 is 11.7 Å². The monoisotopic (exact) mass is 242 g/mol. The van der Waals surface area contributed by atoms with Crippen LogP contribution in [0.3, 0.4) is 0 Å². The van der Waals surface area contributed by atoms with Gasteiger partial charge in [-0.1, -0.05) is 12.1 Å². The van der Waals surface area contributed by atoms with Gasteiger partial charge in [-0.2, -0.15) is 13.2 Å². The van der Waals surface area contributed by atoms with Gasteiger partial charge in [-0.15, -0.1) is 0 Å². The first-order chi connectivity index (χ1) is 7.83. The van der Waals surface area contributed by atoms with Crippen LogP contribution in [0.1, 0.15) is 30.9 Å². The van der Waals surface area contributed by atoms with Gasteiger partial charge in [0.15, 0.2) is 0 Å². The van der Waals surface area contributed by atoms with Gasteiger partial charge >= 0.3 is 6.18 Å². The molecular weight excluding hydrogens is 229 g/mol. The largest absolute Gasteiger partial charge is 0.416 e. The predicted molar refractivity (Wildman–Crippen MR) is 57.5 cm³/mol. The zero-order chi connectivity index (χ0) is 12.7. The molecular formula is C13H13F3O. The van der Waals surface area contributed by atoms with Crippen LogP contribution in [0, 0.1) is 5.41 Å². The van der Waals surface area contributed by atoms with Crippen LogP contribution in [0.4, 0.5) is 13.2 Å². The smallest absolute Gasteiger partial charge is 0.299 e. The van der Waals surface area contributed by atoms with Gasteiger partial charge < -0.3 is 0 Å². The Kier molecular flexibility index (Phi) is 2.76. The number of carbonyl (C=O) groups excluding carboxylic acids is 1. The molecule has 1 nitrogen and oxygen atoms in total. The van der Waals surface area contributed by atoms with Gasteiger partial charge in [0.2, 0.25) is 0 Å². The minimum Gasteiger partial charge on any atom is -0.299 e. The summed E-state index contributed by atoms with van der Waals surface area (Å²) in [5.41, 5.74) is -0.139. The van der Waals surface area contributed by atoms with Gasteiger partial charge in [0.05, 0.1) is 5.56 Å². The molecule has 1 aromatic rings. The van der Waals surface area contributed by atoms with E-state index in [0.29, 0.717) is 6.42 Å². The molecule has 1 aromatic carbocycles. The number of halogens is 3. The highest BCUT2D eigenvalue weighted by Crippen LogP contribution is 2.49. The minimum absolute atomic E-state index is 0.136. The first-order valence-electron chi connectivity index (χ1n) is 5.51. The van der Waals surface area contributed by atoms with E-state index in [4.69, 9.17) is 0 Å². The van der Waals surface area contributed by atoms with Crippen LogP contribution < -0.4 is 0 Å². The van der Waals surface area contributed by atoms with E-state index in [0.717, 1.165) is 30.5 Å². The maximum atomic E-state index is 12.3. The van der Waals surface area contributed by atoms with E-state index in [1.165, 1.54) is 12.1 Å². The highest BCUT2D eigenvalue weighted by Gasteiger charge is 2.46. The van der Waals surface area contributed by atoms with Crippen molar-refractivity contribution in [3.63, 3.8) is 0 Å². The van der Waals surface area contributed by atoms with Crippen molar-refractivity contribution < 1.29 is 18.0 Å². The minimum atomic E-state index is -4.30. The molecule has 0 amide bonds. The molecule has 0 aliphatic heterocycles. The fraction of sp³-hybridized carbons (Fsp3) is 0.462. The van der Waals surface area contributed by atoms with Crippen LogP contribution in [0.25, 0.3) is 0 Å². The standard InChI is InChI=1S/C13H13F3O/c1-9(17)12(6-7-12)8-10-2-4-11(5-3-10)13(14,15)16/h2-5H,6-8H2,1H3. The van der Waals surface area contributed by atoms with Crippen molar-refractivity contribution in [2.45, 2.75) is 32.4 Å². The van der Waals surface area contributed by atoms with Crippen LogP contribution in [-0.2, 0) is 17.4 Å². The lowest BCUT2D eigenvalue weighted by molar-refractivity contribution is -0.137. The molecule has 1 saturated carbocycles. The first-order valence-corrected chi connectivity index (χ1v) is 5.51. The van der Waals surface area contributed by atoms with Crippen LogP contribution in [0.15, 0.2) is 24.3 Å². The van der Waals surface area contributed by atoms with Gasteiger partial charge in [0.1, 0.15) is 5.78 Å². The summed E-state index contributed by atoms with van der Waals surface area (Å²) in [5, 5.41) is 0. The van der Waals surface area contributed by atoms with E-state index in [9.17, 15) is 18.0 Å². The van der Waals surface area contributed by atoms with Crippen molar-refractivity contribution in [2.24, 2.45) is 5.41 Å². The van der Waals surface area contributed by atoms with Crippen LogP contribution >= 0.6 is 0 Å². The number of Topliss-reactive ketones (excluding diaryl/α,β-unsaturated/α-hetero) is 1. The Morgan fingerprint density at radius 2 is 1.76 bits per heavy atom. The molecule has 0 unspecified atom stereocenters. The first kappa shape index (κ1) is 12.1. The molecule has 0 aromatic heterocycles. The van der Waals surface area contributed by atoms with Crippen molar-refractivity contribution in [3.8, 4) is 0 Å². The lowest BCUT2D eigenvalue weighted by atomic mass is 9.92. The summed E-state index contributed by atoms with van der Waals surface area (Å²) in [4.78, 5) is 11.4. The Bertz CT molecular complexity index is 427. The van der Waals surface area contributed by atoms with E-state index in [1.54, 1.807) is 6.92 Å². The average Bonchev–Trinajstić information content (AvgIpc) is 2.98. The number of alkyl halides is 3. The second-order valence-electron chi connectivity index (χ2n) is 4.71. The zero-order valence-electron chi connectivity index (χ0n) is 9.47. The molecule has 0 heterocycles. The molecule has 0 atom stereocenters. The summed E-state index contributed by atoms with van der Waals surface area (Å²) in [7, 11) is 0. The van der Waals surface area contributed by atoms with Gasteiger partial charge in [-0.25, -0.2) is 0 Å². The maximum Gasteiger partial charge on any atom is 0.416 e. The van der Waals surface area contributed by atoms with Crippen molar-refractivity contribution >= 4 is 5.78 Å². The molecule has 4 heteroatoms. The van der Waals surface area contributed by atoms with Crippen molar-refractivity contribution in [1.82, 2.24) is 0 Å². The highest BCUT2D eigenvalue weighted by molar-refractivity contribution is 5.85. The summed E-state index contributed by atoms with van der Waals surface area (Å²) in [6.45, 7) is 1.55. The topological polar surface area (TPSA) is 17.1 Å². The second-order valence-corrected chi connectivity index (χ2v) is 4.71. The lowest BCUT2D eigenvalue weighted by Crippen LogP contribution is -2.15. The number of ketones is 1. The number of benzene rings is 1. The number of hydrogen-bond acceptors (Lipinski definition) is 1. The molecule has 2 rings (SSSR count). The summed E-state index contributed by atoms with van der Waals surface area (Å²) in [5.74, 6) is 0.136. The maximum absolute atomic E-state index is 12.3. The predicted octanol–water partition coefficient (Wildman–Crippen LogP) is 3.62. The lowest BCUT2D eigenvalue weighted by Gasteiger charge is -2.12. The molecule has 0 N–H and O–H groups in total. The zero-order valence-corrected chi connectivity index (χ0v) is 9.47. The van der Waals surface area contributed by atoms with Gasteiger partial charge in [0.25, 0.3) is 0 Å². The van der Waals surface area contributed by atoms with E-state index in [-0.39, 0.29) is 11.2 Å². The SMILES string of the molecule is CC(=O)C1(Cc2ccc(C(F)(F)F)cc2)CC1. The van der Waals surface area contributed by atoms with Crippen molar-refractivity contribution in [1.29, 1.82) is 0 Å². The Hall–Kier alpha value is -1.32. The van der Waals surface area contributed by atoms with Crippen molar-refractivity contribution in [3.05, 3.63) is 35.4 Å². The molecule has 92 valence electrons. The molecule has 1 fully saturated rings. The Balaban J connectivity index is 2.12. The molecule has 17 heavy (non-hydrogen) atoms. The van der Waals surface area contributed by atoms with Crippen molar-refractivity contribution in [2.75, 3.05) is 0 Å². The summed E-state index contributed by atoms with van der Waals surface area (Å²) in [6, 6.07) is 5.08. The summed E-state index contributed by atoms with van der Waals surface area (Å²) < 4.78 is 37.0. The number of hydrogen-bond donors (Lipinski definition) is 0. The van der Waals surface area contributed by atoms with Crippen LogP contribution in [-0.4, -0.2) is 5.78 Å². The molecule has 0 radical (unpaired) electrons. The molecule has 1 aliphatic carbocycles. The van der Waals surface area contributed by atoms with Crippen LogP contribution in [0.5, 0.6) is 0 Å². The van der Waals surface area contributed by atoms with E-state index >= 15 is 0 Å². The van der Waals surface area contributed by atoms with Crippen LogP contribution in [0.2, 0.25) is 0 Å². The third-order valence-corrected chi connectivity index (χ3v) is 3.42. The van der Waals surface area contributed by atoms with E-state index in [1.807, 2.05) is 0 Å². The average molecular weight is 242 g/mol. The fourth-order valence-electron chi connectivity index (χ4n) is 2.01. The third kappa shape index (κ3) is 2.51. The van der Waals surface area contributed by atoms with Gasteiger partial charge in [-0.05, 0) is 43.9 Å². The molecule has 0 saturated heterocycles.